The van der Waals surface area contributed by atoms with Crippen LogP contribution in [0, 0.1) is 0 Å². The number of hydrogen-bond acceptors (Lipinski definition) is 3. The summed E-state index contributed by atoms with van der Waals surface area (Å²) in [5, 5.41) is 3.38. The van der Waals surface area contributed by atoms with Crippen molar-refractivity contribution in [2.45, 2.75) is 12.5 Å². The van der Waals surface area contributed by atoms with Gasteiger partial charge in [-0.05, 0) is 17.7 Å². The van der Waals surface area contributed by atoms with Crippen LogP contribution in [-0.2, 0) is 6.42 Å². The number of nitrogens with zero attached hydrogens (tertiary/aromatic N) is 2. The molecule has 0 aliphatic carbocycles. The van der Waals surface area contributed by atoms with Gasteiger partial charge >= 0.3 is 0 Å². The van der Waals surface area contributed by atoms with Gasteiger partial charge in [-0.2, -0.15) is 0 Å². The number of fused-ring (bicyclic) bond motifs is 1. The van der Waals surface area contributed by atoms with Gasteiger partial charge in [0.25, 0.3) is 0 Å². The van der Waals surface area contributed by atoms with Crippen molar-refractivity contribution in [3.05, 3.63) is 52.4 Å². The van der Waals surface area contributed by atoms with Gasteiger partial charge in [-0.25, -0.2) is 4.98 Å². The van der Waals surface area contributed by atoms with E-state index in [1.54, 1.807) is 12.4 Å². The van der Waals surface area contributed by atoms with Gasteiger partial charge in [-0.3, -0.25) is 4.98 Å². The molecule has 0 spiro atoms. The highest BCUT2D eigenvalue weighted by atomic mass is 79.9. The van der Waals surface area contributed by atoms with Crippen LogP contribution in [0.3, 0.4) is 0 Å². The van der Waals surface area contributed by atoms with Crippen LogP contribution in [0.2, 0.25) is 0 Å². The Morgan fingerprint density at radius 2 is 1.88 bits per heavy atom. The lowest BCUT2D eigenvalue weighted by Crippen LogP contribution is -2.05. The van der Waals surface area contributed by atoms with Crippen molar-refractivity contribution >= 4 is 21.7 Å². The molecular formula is C12H10BrN3. The van der Waals surface area contributed by atoms with Crippen molar-refractivity contribution < 1.29 is 0 Å². The van der Waals surface area contributed by atoms with Gasteiger partial charge in [-0.1, -0.05) is 28.1 Å². The van der Waals surface area contributed by atoms with E-state index in [2.05, 4.69) is 55.5 Å². The molecule has 1 N–H and O–H groups in total. The van der Waals surface area contributed by atoms with Crippen LogP contribution in [-0.4, -0.2) is 9.97 Å². The Morgan fingerprint density at radius 3 is 2.62 bits per heavy atom. The smallest absolute Gasteiger partial charge is 0.148 e. The first-order chi connectivity index (χ1) is 7.83. The molecule has 16 heavy (non-hydrogen) atoms. The lowest BCUT2D eigenvalue weighted by atomic mass is 10.1. The number of anilines is 1. The van der Waals surface area contributed by atoms with E-state index in [-0.39, 0.29) is 0 Å². The Kier molecular flexibility index (Phi) is 2.36. The average molecular weight is 276 g/mol. The quantitative estimate of drug-likeness (QED) is 0.870. The standard InChI is InChI=1S/C12H10BrN3/c13-9-3-1-8(2-4-9)10-7-11-12(16-10)15-6-5-14-11/h1-6,10H,7H2,(H,15,16). The summed E-state index contributed by atoms with van der Waals surface area (Å²) in [5.74, 6) is 0.912. The van der Waals surface area contributed by atoms with Crippen LogP contribution < -0.4 is 5.32 Å². The fourth-order valence-electron chi connectivity index (χ4n) is 1.94. The van der Waals surface area contributed by atoms with Crippen molar-refractivity contribution in [1.29, 1.82) is 0 Å². The Balaban J connectivity index is 1.88. The zero-order valence-electron chi connectivity index (χ0n) is 8.52. The molecule has 1 aromatic carbocycles. The predicted molar refractivity (Wildman–Crippen MR) is 66.2 cm³/mol. The molecule has 0 fully saturated rings. The number of hydrogen-bond donors (Lipinski definition) is 1. The molecule has 1 aliphatic heterocycles. The van der Waals surface area contributed by atoms with Crippen molar-refractivity contribution in [2.75, 3.05) is 5.32 Å². The van der Waals surface area contributed by atoms with Crippen LogP contribution in [0.1, 0.15) is 17.3 Å². The van der Waals surface area contributed by atoms with Gasteiger partial charge in [0, 0.05) is 23.3 Å². The molecule has 0 bridgehead atoms. The number of benzene rings is 1. The first-order valence-electron chi connectivity index (χ1n) is 5.15. The van der Waals surface area contributed by atoms with E-state index in [1.807, 2.05) is 0 Å². The third-order valence-electron chi connectivity index (χ3n) is 2.75. The van der Waals surface area contributed by atoms with Gasteiger partial charge in [0.15, 0.2) is 0 Å². The van der Waals surface area contributed by atoms with Crippen LogP contribution in [0.25, 0.3) is 0 Å². The average Bonchev–Trinajstić information content (AvgIpc) is 2.73. The van der Waals surface area contributed by atoms with E-state index in [1.165, 1.54) is 5.56 Å². The number of nitrogens with one attached hydrogen (secondary N) is 1. The van der Waals surface area contributed by atoms with Crippen molar-refractivity contribution in [3.8, 4) is 0 Å². The van der Waals surface area contributed by atoms with Crippen LogP contribution in [0.15, 0.2) is 41.1 Å². The Labute approximate surface area is 102 Å². The summed E-state index contributed by atoms with van der Waals surface area (Å²) in [6.45, 7) is 0. The zero-order chi connectivity index (χ0) is 11.0. The molecule has 3 nitrogen and oxygen atoms in total. The molecule has 0 amide bonds. The van der Waals surface area contributed by atoms with E-state index >= 15 is 0 Å². The molecule has 0 radical (unpaired) electrons. The lowest BCUT2D eigenvalue weighted by molar-refractivity contribution is 0.810. The maximum atomic E-state index is 4.32. The van der Waals surface area contributed by atoms with Crippen molar-refractivity contribution in [2.24, 2.45) is 0 Å². The molecule has 0 saturated carbocycles. The van der Waals surface area contributed by atoms with E-state index in [9.17, 15) is 0 Å². The summed E-state index contributed by atoms with van der Waals surface area (Å²) in [5.41, 5.74) is 2.32. The van der Waals surface area contributed by atoms with Crippen molar-refractivity contribution in [3.63, 3.8) is 0 Å². The second-order valence-electron chi connectivity index (χ2n) is 3.80. The largest absolute Gasteiger partial charge is 0.361 e. The first kappa shape index (κ1) is 9.78. The van der Waals surface area contributed by atoms with Gasteiger partial charge in [-0.15, -0.1) is 0 Å². The van der Waals surface area contributed by atoms with Crippen LogP contribution >= 0.6 is 15.9 Å². The molecule has 1 aromatic heterocycles. The Hall–Kier alpha value is -1.42. The van der Waals surface area contributed by atoms with Crippen LogP contribution in [0.4, 0.5) is 5.82 Å². The number of rotatable bonds is 1. The molecule has 80 valence electrons. The monoisotopic (exact) mass is 275 g/mol. The summed E-state index contributed by atoms with van der Waals surface area (Å²) in [6, 6.07) is 8.65. The molecule has 4 heteroatoms. The highest BCUT2D eigenvalue weighted by molar-refractivity contribution is 9.10. The molecular weight excluding hydrogens is 266 g/mol. The molecule has 1 unspecified atom stereocenters. The minimum Gasteiger partial charge on any atom is -0.361 e. The minimum atomic E-state index is 0.297. The summed E-state index contributed by atoms with van der Waals surface area (Å²) in [4.78, 5) is 8.59. The summed E-state index contributed by atoms with van der Waals surface area (Å²) < 4.78 is 1.10. The lowest BCUT2D eigenvalue weighted by Gasteiger charge is -2.10. The second-order valence-corrected chi connectivity index (χ2v) is 4.72. The summed E-state index contributed by atoms with van der Waals surface area (Å²) in [7, 11) is 0. The van der Waals surface area contributed by atoms with E-state index in [0.717, 1.165) is 22.4 Å². The third-order valence-corrected chi connectivity index (χ3v) is 3.28. The summed E-state index contributed by atoms with van der Waals surface area (Å²) >= 11 is 3.44. The maximum Gasteiger partial charge on any atom is 0.148 e. The molecule has 1 aliphatic rings. The molecule has 2 aromatic rings. The van der Waals surface area contributed by atoms with Crippen LogP contribution in [0.5, 0.6) is 0 Å². The van der Waals surface area contributed by atoms with Gasteiger partial charge in [0.2, 0.25) is 0 Å². The minimum absolute atomic E-state index is 0.297. The number of halogens is 1. The van der Waals surface area contributed by atoms with E-state index in [0.29, 0.717) is 6.04 Å². The molecule has 2 heterocycles. The maximum absolute atomic E-state index is 4.32. The highest BCUT2D eigenvalue weighted by Gasteiger charge is 2.23. The topological polar surface area (TPSA) is 37.8 Å². The molecule has 3 rings (SSSR count). The van der Waals surface area contributed by atoms with Crippen molar-refractivity contribution in [1.82, 2.24) is 9.97 Å². The fourth-order valence-corrected chi connectivity index (χ4v) is 2.21. The van der Waals surface area contributed by atoms with E-state index < -0.39 is 0 Å². The Morgan fingerprint density at radius 1 is 1.12 bits per heavy atom. The first-order valence-corrected chi connectivity index (χ1v) is 5.94. The third kappa shape index (κ3) is 1.69. The molecule has 1 atom stereocenters. The fraction of sp³-hybridized carbons (Fsp3) is 0.167. The number of aromatic nitrogens is 2. The highest BCUT2D eigenvalue weighted by Crippen LogP contribution is 2.31. The normalized spacial score (nSPS) is 17.9. The Bertz CT molecular complexity index is 485. The zero-order valence-corrected chi connectivity index (χ0v) is 10.1. The predicted octanol–water partition coefficient (Wildman–Crippen LogP) is 2.95. The van der Waals surface area contributed by atoms with Gasteiger partial charge < -0.3 is 5.32 Å². The van der Waals surface area contributed by atoms with E-state index in [4.69, 9.17) is 0 Å². The summed E-state index contributed by atoms with van der Waals surface area (Å²) in [6.07, 6.45) is 4.37. The SMILES string of the molecule is Brc1ccc(C2Cc3nccnc3N2)cc1. The van der Waals surface area contributed by atoms with Gasteiger partial charge in [0.05, 0.1) is 11.7 Å². The van der Waals surface area contributed by atoms with Gasteiger partial charge in [0.1, 0.15) is 5.82 Å². The second kappa shape index (κ2) is 3.87. The molecule has 0 saturated heterocycles.